The number of hydrogen-bond donors (Lipinski definition) is 4. The maximum atomic E-state index is 12.4. The highest BCUT2D eigenvalue weighted by Gasteiger charge is 2.28. The summed E-state index contributed by atoms with van der Waals surface area (Å²) in [5.74, 6) is 0.731. The molecule has 0 bridgehead atoms. The molecular weight excluding hydrogens is 432 g/mol. The van der Waals surface area contributed by atoms with Gasteiger partial charge >= 0.3 is 0 Å². The molecule has 1 atom stereocenters. The summed E-state index contributed by atoms with van der Waals surface area (Å²) in [5, 5.41) is 8.22. The molecule has 3 aromatic carbocycles. The summed E-state index contributed by atoms with van der Waals surface area (Å²) in [7, 11) is 0. The number of carbonyl (C=O) groups excluding carboxylic acids is 2. The largest absolute Gasteiger partial charge is 0.457 e. The smallest absolute Gasteiger partial charge is 0.252 e. The molecule has 0 unspecified atom stereocenters. The van der Waals surface area contributed by atoms with E-state index >= 15 is 0 Å². The quantitative estimate of drug-likeness (QED) is 0.334. The number of ether oxygens (including phenoxy) is 1. The van der Waals surface area contributed by atoms with Crippen LogP contribution in [0.4, 0.5) is 11.4 Å². The number of rotatable bonds is 6. The maximum absolute atomic E-state index is 12.4. The van der Waals surface area contributed by atoms with Crippen LogP contribution in [0.2, 0.25) is 0 Å². The highest BCUT2D eigenvalue weighted by molar-refractivity contribution is 6.11. The van der Waals surface area contributed by atoms with Crippen molar-refractivity contribution in [2.45, 2.75) is 19.4 Å². The summed E-state index contributed by atoms with van der Waals surface area (Å²) in [6.07, 6.45) is -0.127. The number of aryl methyl sites for hydroxylation is 1. The zero-order valence-electron chi connectivity index (χ0n) is 18.5. The van der Waals surface area contributed by atoms with Crippen molar-refractivity contribution in [1.29, 1.82) is 0 Å². The number of hydrogen-bond acceptors (Lipinski definition) is 5. The van der Waals surface area contributed by atoms with Gasteiger partial charge < -0.3 is 21.1 Å². The monoisotopic (exact) mass is 456 g/mol. The Morgan fingerprint density at radius 2 is 1.59 bits per heavy atom. The third kappa shape index (κ3) is 6.19. The molecule has 0 aliphatic carbocycles. The SMILES string of the molecule is Cc1ccc(NC(N)=NC2=N[C@H](CC(=O)Nc3ccc(Oc4ccccc4)cc3)C(=O)N2)cc1. The number of aliphatic imine (C=N–C) groups is 2. The van der Waals surface area contributed by atoms with Crippen LogP contribution >= 0.6 is 0 Å². The number of para-hydroxylation sites is 1. The van der Waals surface area contributed by atoms with Crippen molar-refractivity contribution in [2.24, 2.45) is 15.7 Å². The first-order valence-corrected chi connectivity index (χ1v) is 10.6. The van der Waals surface area contributed by atoms with E-state index in [-0.39, 0.29) is 24.2 Å². The molecule has 0 aromatic heterocycles. The first kappa shape index (κ1) is 22.5. The van der Waals surface area contributed by atoms with E-state index in [4.69, 9.17) is 10.5 Å². The summed E-state index contributed by atoms with van der Waals surface area (Å²) in [6, 6.07) is 23.0. The lowest BCUT2D eigenvalue weighted by atomic mass is 10.2. The minimum atomic E-state index is -0.883. The summed E-state index contributed by atoms with van der Waals surface area (Å²) >= 11 is 0. The van der Waals surface area contributed by atoms with Crippen molar-refractivity contribution in [3.63, 3.8) is 0 Å². The predicted octanol–water partition coefficient (Wildman–Crippen LogP) is 3.40. The van der Waals surface area contributed by atoms with Gasteiger partial charge in [0.2, 0.25) is 17.8 Å². The van der Waals surface area contributed by atoms with Gasteiger partial charge in [0.05, 0.1) is 6.42 Å². The molecule has 0 saturated heterocycles. The highest BCUT2D eigenvalue weighted by Crippen LogP contribution is 2.23. The second-order valence-electron chi connectivity index (χ2n) is 7.64. The fraction of sp³-hybridized carbons (Fsp3) is 0.120. The number of amides is 2. The van der Waals surface area contributed by atoms with Crippen LogP contribution in [0.25, 0.3) is 0 Å². The van der Waals surface area contributed by atoms with Crippen molar-refractivity contribution in [3.05, 3.63) is 84.4 Å². The molecule has 0 fully saturated rings. The Labute approximate surface area is 196 Å². The van der Waals surface area contributed by atoms with E-state index in [0.29, 0.717) is 11.4 Å². The highest BCUT2D eigenvalue weighted by atomic mass is 16.5. The van der Waals surface area contributed by atoms with E-state index < -0.39 is 11.9 Å². The number of guanidine groups is 2. The molecular formula is C25H24N6O3. The second kappa shape index (κ2) is 10.3. The Morgan fingerprint density at radius 3 is 2.29 bits per heavy atom. The first-order chi connectivity index (χ1) is 16.4. The minimum absolute atomic E-state index is 0.0577. The third-order valence-electron chi connectivity index (χ3n) is 4.86. The van der Waals surface area contributed by atoms with Crippen LogP contribution in [0.3, 0.4) is 0 Å². The average molecular weight is 457 g/mol. The van der Waals surface area contributed by atoms with Gasteiger partial charge in [0.25, 0.3) is 5.91 Å². The lowest BCUT2D eigenvalue weighted by Gasteiger charge is -2.09. The second-order valence-corrected chi connectivity index (χ2v) is 7.64. The number of nitrogens with two attached hydrogens (primary N) is 1. The van der Waals surface area contributed by atoms with Gasteiger partial charge in [-0.15, -0.1) is 0 Å². The molecule has 0 saturated carbocycles. The van der Waals surface area contributed by atoms with Crippen LogP contribution in [0, 0.1) is 6.92 Å². The van der Waals surface area contributed by atoms with Crippen molar-refractivity contribution in [2.75, 3.05) is 10.6 Å². The van der Waals surface area contributed by atoms with Gasteiger partial charge in [0.15, 0.2) is 0 Å². The lowest BCUT2D eigenvalue weighted by molar-refractivity contribution is -0.123. The Hall–Kier alpha value is -4.66. The van der Waals surface area contributed by atoms with Crippen LogP contribution in [-0.4, -0.2) is 29.8 Å². The molecule has 3 aromatic rings. The minimum Gasteiger partial charge on any atom is -0.457 e. The summed E-state index contributed by atoms with van der Waals surface area (Å²) < 4.78 is 5.73. The van der Waals surface area contributed by atoms with Gasteiger partial charge in [-0.1, -0.05) is 35.9 Å². The van der Waals surface area contributed by atoms with Gasteiger partial charge in [-0.2, -0.15) is 4.99 Å². The summed E-state index contributed by atoms with van der Waals surface area (Å²) in [6.45, 7) is 1.98. The number of anilines is 2. The average Bonchev–Trinajstić information content (AvgIpc) is 3.15. The predicted molar refractivity (Wildman–Crippen MR) is 132 cm³/mol. The van der Waals surface area contributed by atoms with E-state index in [1.54, 1.807) is 24.3 Å². The van der Waals surface area contributed by atoms with E-state index in [9.17, 15) is 9.59 Å². The van der Waals surface area contributed by atoms with Crippen molar-refractivity contribution in [1.82, 2.24) is 5.32 Å². The van der Waals surface area contributed by atoms with Gasteiger partial charge in [-0.25, -0.2) is 4.99 Å². The van der Waals surface area contributed by atoms with Gasteiger partial charge in [-0.3, -0.25) is 14.9 Å². The van der Waals surface area contributed by atoms with Gasteiger partial charge in [0, 0.05) is 11.4 Å². The fourth-order valence-corrected chi connectivity index (χ4v) is 3.17. The van der Waals surface area contributed by atoms with E-state index in [1.165, 1.54) is 0 Å². The van der Waals surface area contributed by atoms with E-state index in [0.717, 1.165) is 17.0 Å². The number of carbonyl (C=O) groups is 2. The standard InChI is InChI=1S/C25H24N6O3/c1-16-7-9-18(10-8-16)28-24(26)31-25-29-21(23(33)30-25)15-22(32)27-17-11-13-20(14-12-17)34-19-5-3-2-4-6-19/h2-14,21H,15H2,1H3,(H,27,32)(H4,26,28,29,30,31,33)/t21-/m1/s1. The summed E-state index contributed by atoms with van der Waals surface area (Å²) in [5.41, 5.74) is 8.35. The molecule has 1 aliphatic rings. The Bertz CT molecular complexity index is 1220. The Balaban J connectivity index is 1.31. The zero-order chi connectivity index (χ0) is 23.9. The molecule has 5 N–H and O–H groups in total. The van der Waals surface area contributed by atoms with Crippen LogP contribution in [0.1, 0.15) is 12.0 Å². The van der Waals surface area contributed by atoms with Crippen LogP contribution in [0.15, 0.2) is 88.8 Å². The molecule has 0 spiro atoms. The number of nitrogens with one attached hydrogen (secondary N) is 3. The molecule has 9 nitrogen and oxygen atoms in total. The number of nitrogens with zero attached hydrogens (tertiary/aromatic N) is 2. The first-order valence-electron chi connectivity index (χ1n) is 10.6. The molecule has 9 heteroatoms. The zero-order valence-corrected chi connectivity index (χ0v) is 18.5. The third-order valence-corrected chi connectivity index (χ3v) is 4.86. The van der Waals surface area contributed by atoms with E-state index in [2.05, 4.69) is 25.9 Å². The normalized spacial score (nSPS) is 15.3. The van der Waals surface area contributed by atoms with Crippen LogP contribution in [0.5, 0.6) is 11.5 Å². The molecule has 0 radical (unpaired) electrons. The molecule has 4 rings (SSSR count). The van der Waals surface area contributed by atoms with Crippen molar-refractivity contribution >= 4 is 35.1 Å². The van der Waals surface area contributed by atoms with Crippen LogP contribution < -0.4 is 26.4 Å². The van der Waals surface area contributed by atoms with Crippen LogP contribution in [-0.2, 0) is 9.59 Å². The molecule has 172 valence electrons. The molecule has 1 aliphatic heterocycles. The fourth-order valence-electron chi connectivity index (χ4n) is 3.17. The number of benzene rings is 3. The lowest BCUT2D eigenvalue weighted by Crippen LogP contribution is -2.32. The van der Waals surface area contributed by atoms with Gasteiger partial charge in [-0.05, 0) is 55.5 Å². The topological polar surface area (TPSA) is 130 Å². The molecule has 1 heterocycles. The van der Waals surface area contributed by atoms with Crippen molar-refractivity contribution < 1.29 is 14.3 Å². The summed E-state index contributed by atoms with van der Waals surface area (Å²) in [4.78, 5) is 32.9. The van der Waals surface area contributed by atoms with Gasteiger partial charge in [0.1, 0.15) is 17.5 Å². The maximum Gasteiger partial charge on any atom is 0.252 e. The van der Waals surface area contributed by atoms with E-state index in [1.807, 2.05) is 61.5 Å². The Kier molecular flexibility index (Phi) is 6.83. The molecule has 34 heavy (non-hydrogen) atoms. The van der Waals surface area contributed by atoms with Crippen molar-refractivity contribution in [3.8, 4) is 11.5 Å². The molecule has 2 amide bonds. The Morgan fingerprint density at radius 1 is 0.971 bits per heavy atom.